The average Bonchev–Trinajstić information content (AvgIpc) is 2.15. The van der Waals surface area contributed by atoms with Crippen LogP contribution in [0, 0.1) is 0 Å². The van der Waals surface area contributed by atoms with Crippen molar-refractivity contribution in [3.8, 4) is 0 Å². The van der Waals surface area contributed by atoms with Crippen molar-refractivity contribution >= 4 is 40.3 Å². The average molecular weight is 293 g/mol. The van der Waals surface area contributed by atoms with Crippen LogP contribution in [0.5, 0.6) is 0 Å². The quantitative estimate of drug-likeness (QED) is 0.474. The molecule has 0 aliphatic carbocycles. The van der Waals surface area contributed by atoms with Crippen molar-refractivity contribution in [2.45, 2.75) is 32.4 Å². The predicted octanol–water partition coefficient (Wildman–Crippen LogP) is 3.66. The highest BCUT2D eigenvalue weighted by atomic mass is 35.5. The maximum atomic E-state index is 11.9. The van der Waals surface area contributed by atoms with Crippen molar-refractivity contribution in [1.82, 2.24) is 4.98 Å². The van der Waals surface area contributed by atoms with Crippen molar-refractivity contribution < 1.29 is 4.55 Å². The molecule has 0 radical (unpaired) electrons. The first-order chi connectivity index (χ1) is 7.71. The molecule has 0 amide bonds. The van der Waals surface area contributed by atoms with Crippen molar-refractivity contribution in [2.75, 3.05) is 0 Å². The van der Waals surface area contributed by atoms with Crippen LogP contribution in [0.15, 0.2) is 16.5 Å². The highest BCUT2D eigenvalue weighted by Gasteiger charge is 2.27. The van der Waals surface area contributed by atoms with Gasteiger partial charge in [-0.2, -0.15) is 0 Å². The molecule has 17 heavy (non-hydrogen) atoms. The first kappa shape index (κ1) is 14.8. The largest absolute Gasteiger partial charge is 0.591 e. The zero-order valence-corrected chi connectivity index (χ0v) is 12.4. The molecule has 0 saturated heterocycles. The second-order valence-corrected chi connectivity index (χ2v) is 7.16. The summed E-state index contributed by atoms with van der Waals surface area (Å²) < 4.78 is 15.6. The van der Waals surface area contributed by atoms with E-state index in [-0.39, 0.29) is 5.15 Å². The Balaban J connectivity index is 3.04. The third-order valence-electron chi connectivity index (χ3n) is 1.95. The normalized spacial score (nSPS) is 14.9. The minimum absolute atomic E-state index is 0.268. The predicted molar refractivity (Wildman–Crippen MR) is 74.4 cm³/mol. The third-order valence-corrected chi connectivity index (χ3v) is 3.93. The lowest BCUT2D eigenvalue weighted by atomic mass is 10.2. The molecule has 0 aromatic carbocycles. The number of halogens is 2. The summed E-state index contributed by atoms with van der Waals surface area (Å²) in [6.45, 7) is 7.34. The summed E-state index contributed by atoms with van der Waals surface area (Å²) in [5, 5.41) is 0.591. The summed E-state index contributed by atoms with van der Waals surface area (Å²) in [7, 11) is 0. The smallest absolute Gasteiger partial charge is 0.144 e. The fraction of sp³-hybridized carbons (Fsp3) is 0.455. The van der Waals surface area contributed by atoms with Gasteiger partial charge in [0.15, 0.2) is 0 Å². The molecule has 1 aromatic heterocycles. The molecular formula is C11H14Cl2N2OS. The minimum atomic E-state index is -1.31. The molecule has 0 saturated carbocycles. The fourth-order valence-corrected chi connectivity index (χ4v) is 2.09. The Morgan fingerprint density at radius 2 is 1.94 bits per heavy atom. The monoisotopic (exact) mass is 292 g/mol. The lowest BCUT2D eigenvalue weighted by Gasteiger charge is -2.18. The highest BCUT2D eigenvalue weighted by Crippen LogP contribution is 2.21. The molecule has 1 atom stereocenters. The molecule has 0 aliphatic heterocycles. The SMILES string of the molecule is C/C(=N/[S+]([O-])C(C)(C)C)c1ccc(Cl)nc1Cl. The molecule has 6 heteroatoms. The second-order valence-electron chi connectivity index (χ2n) is 4.51. The van der Waals surface area contributed by atoms with Gasteiger partial charge >= 0.3 is 0 Å². The van der Waals surface area contributed by atoms with E-state index in [2.05, 4.69) is 9.38 Å². The molecular weight excluding hydrogens is 279 g/mol. The molecule has 0 spiro atoms. The van der Waals surface area contributed by atoms with Crippen molar-refractivity contribution in [2.24, 2.45) is 4.40 Å². The van der Waals surface area contributed by atoms with Crippen LogP contribution < -0.4 is 0 Å². The number of aromatic nitrogens is 1. The van der Waals surface area contributed by atoms with Gasteiger partial charge < -0.3 is 4.55 Å². The van der Waals surface area contributed by atoms with Gasteiger partial charge in [-0.15, -0.1) is 0 Å². The number of hydrogen-bond donors (Lipinski definition) is 0. The molecule has 0 aliphatic rings. The summed E-state index contributed by atoms with van der Waals surface area (Å²) in [4.78, 5) is 3.92. The van der Waals surface area contributed by atoms with Crippen LogP contribution in [-0.4, -0.2) is 20.0 Å². The van der Waals surface area contributed by atoms with Crippen LogP contribution in [0.3, 0.4) is 0 Å². The molecule has 1 rings (SSSR count). The second kappa shape index (κ2) is 5.57. The number of pyridine rings is 1. The molecule has 1 unspecified atom stereocenters. The van der Waals surface area contributed by atoms with Gasteiger partial charge in [0, 0.05) is 5.56 Å². The van der Waals surface area contributed by atoms with E-state index in [4.69, 9.17) is 23.2 Å². The Hall–Kier alpha value is -0.290. The van der Waals surface area contributed by atoms with Crippen LogP contribution in [0.2, 0.25) is 10.3 Å². The van der Waals surface area contributed by atoms with Gasteiger partial charge in [-0.1, -0.05) is 27.6 Å². The first-order valence-corrected chi connectivity index (χ1v) is 6.88. The molecule has 0 bridgehead atoms. The lowest BCUT2D eigenvalue weighted by Crippen LogP contribution is -2.26. The maximum Gasteiger partial charge on any atom is 0.144 e. The van der Waals surface area contributed by atoms with Gasteiger partial charge in [0.1, 0.15) is 26.4 Å². The van der Waals surface area contributed by atoms with E-state index >= 15 is 0 Å². The van der Waals surface area contributed by atoms with E-state index in [1.807, 2.05) is 20.8 Å². The van der Waals surface area contributed by atoms with E-state index < -0.39 is 16.1 Å². The van der Waals surface area contributed by atoms with E-state index in [0.29, 0.717) is 16.4 Å². The molecule has 0 fully saturated rings. The molecule has 94 valence electrons. The third kappa shape index (κ3) is 4.14. The van der Waals surface area contributed by atoms with E-state index in [1.54, 1.807) is 19.1 Å². The molecule has 1 aromatic rings. The summed E-state index contributed by atoms with van der Waals surface area (Å²) in [5.41, 5.74) is 1.24. The Morgan fingerprint density at radius 1 is 1.35 bits per heavy atom. The number of nitrogens with zero attached hydrogens (tertiary/aromatic N) is 2. The van der Waals surface area contributed by atoms with Crippen LogP contribution in [0.4, 0.5) is 0 Å². The summed E-state index contributed by atoms with van der Waals surface area (Å²) in [6.07, 6.45) is 0. The van der Waals surface area contributed by atoms with Crippen molar-refractivity contribution in [3.63, 3.8) is 0 Å². The van der Waals surface area contributed by atoms with Crippen LogP contribution in [0.25, 0.3) is 0 Å². The maximum absolute atomic E-state index is 11.9. The first-order valence-electron chi connectivity index (χ1n) is 5.01. The van der Waals surface area contributed by atoms with Gasteiger partial charge in [0.25, 0.3) is 0 Å². The summed E-state index contributed by atoms with van der Waals surface area (Å²) in [6, 6.07) is 3.35. The molecule has 3 nitrogen and oxygen atoms in total. The Morgan fingerprint density at radius 3 is 2.41 bits per heavy atom. The van der Waals surface area contributed by atoms with Gasteiger partial charge in [-0.3, -0.25) is 0 Å². The zero-order chi connectivity index (χ0) is 13.2. The highest BCUT2D eigenvalue weighted by molar-refractivity contribution is 7.91. The van der Waals surface area contributed by atoms with E-state index in [0.717, 1.165) is 0 Å². The Bertz CT molecular complexity index is 444. The van der Waals surface area contributed by atoms with E-state index in [9.17, 15) is 4.55 Å². The van der Waals surface area contributed by atoms with Gasteiger partial charge in [0.2, 0.25) is 0 Å². The molecule has 1 heterocycles. The zero-order valence-electron chi connectivity index (χ0n) is 10.1. The topological polar surface area (TPSA) is 48.3 Å². The van der Waals surface area contributed by atoms with Crippen LogP contribution in [-0.2, 0) is 11.4 Å². The van der Waals surface area contributed by atoms with Crippen molar-refractivity contribution in [1.29, 1.82) is 0 Å². The minimum Gasteiger partial charge on any atom is -0.591 e. The lowest BCUT2D eigenvalue weighted by molar-refractivity contribution is 0.561. The number of rotatable bonds is 2. The summed E-state index contributed by atoms with van der Waals surface area (Å²) >= 11 is 10.3. The van der Waals surface area contributed by atoms with Crippen molar-refractivity contribution in [3.05, 3.63) is 28.0 Å². The van der Waals surface area contributed by atoms with Gasteiger partial charge in [-0.25, -0.2) is 4.98 Å². The Labute approximate surface area is 115 Å². The van der Waals surface area contributed by atoms with Crippen LogP contribution in [0.1, 0.15) is 33.3 Å². The Kier molecular flexibility index (Phi) is 4.84. The van der Waals surface area contributed by atoms with Crippen LogP contribution >= 0.6 is 23.2 Å². The fourth-order valence-electron chi connectivity index (χ4n) is 0.992. The van der Waals surface area contributed by atoms with E-state index in [1.165, 1.54) is 0 Å². The molecule has 0 N–H and O–H groups in total. The standard InChI is InChI=1S/C11H14Cl2N2OS/c1-7(15-17(16)11(2,3)4)8-5-6-9(12)14-10(8)13/h5-6H,1-4H3/b15-7-. The van der Waals surface area contributed by atoms with Gasteiger partial charge in [-0.05, 0) is 39.8 Å². The number of hydrogen-bond acceptors (Lipinski definition) is 3. The van der Waals surface area contributed by atoms with Gasteiger partial charge in [0.05, 0.1) is 5.71 Å². The summed E-state index contributed by atoms with van der Waals surface area (Å²) in [5.74, 6) is 0.